The summed E-state index contributed by atoms with van der Waals surface area (Å²) in [6, 6.07) is 3.26. The van der Waals surface area contributed by atoms with Crippen LogP contribution in [0.4, 0.5) is 8.78 Å². The lowest BCUT2D eigenvalue weighted by Gasteiger charge is -2.37. The summed E-state index contributed by atoms with van der Waals surface area (Å²) >= 11 is 0. The fourth-order valence-corrected chi connectivity index (χ4v) is 3.31. The van der Waals surface area contributed by atoms with Crippen LogP contribution in [0.3, 0.4) is 0 Å². The van der Waals surface area contributed by atoms with Crippen LogP contribution in [-0.4, -0.2) is 69.1 Å². The molecule has 0 spiro atoms. The maximum atomic E-state index is 13.6. The molecule has 2 aliphatic rings. The highest BCUT2D eigenvalue weighted by Gasteiger charge is 2.32. The highest BCUT2D eigenvalue weighted by Crippen LogP contribution is 2.21. The maximum absolute atomic E-state index is 13.6. The molecule has 2 aliphatic heterocycles. The summed E-state index contributed by atoms with van der Waals surface area (Å²) < 4.78 is 43.5. The summed E-state index contributed by atoms with van der Waals surface area (Å²) in [5.74, 6) is -0.521. The van der Waals surface area contributed by atoms with Gasteiger partial charge in [0.05, 0.1) is 19.3 Å². The van der Waals surface area contributed by atoms with Crippen molar-refractivity contribution in [2.24, 2.45) is 4.99 Å². The Balaban J connectivity index is 0.00000280. The van der Waals surface area contributed by atoms with Gasteiger partial charge in [-0.1, -0.05) is 0 Å². The SMILES string of the molecule is CCNC(=NCCOc1ccc(F)cc1F)N1CCOC(C2CCCO2)C1.I. The van der Waals surface area contributed by atoms with Crippen LogP contribution in [0.1, 0.15) is 19.8 Å². The van der Waals surface area contributed by atoms with Gasteiger partial charge in [0.15, 0.2) is 17.5 Å². The molecule has 6 nitrogen and oxygen atoms in total. The molecule has 0 radical (unpaired) electrons. The molecule has 0 amide bonds. The van der Waals surface area contributed by atoms with Gasteiger partial charge in [0.1, 0.15) is 18.5 Å². The van der Waals surface area contributed by atoms with Gasteiger partial charge in [0.25, 0.3) is 0 Å². The van der Waals surface area contributed by atoms with Crippen molar-refractivity contribution in [3.05, 3.63) is 29.8 Å². The summed E-state index contributed by atoms with van der Waals surface area (Å²) in [6.45, 7) is 6.23. The van der Waals surface area contributed by atoms with Crippen molar-refractivity contribution in [1.29, 1.82) is 0 Å². The zero-order valence-corrected chi connectivity index (χ0v) is 18.4. The van der Waals surface area contributed by atoms with Gasteiger partial charge >= 0.3 is 0 Å². The van der Waals surface area contributed by atoms with Crippen LogP contribution in [0, 0.1) is 11.6 Å². The number of nitrogens with zero attached hydrogens (tertiary/aromatic N) is 2. The second-order valence-electron chi connectivity index (χ2n) is 6.57. The second-order valence-corrected chi connectivity index (χ2v) is 6.57. The van der Waals surface area contributed by atoms with Gasteiger partial charge in [-0.25, -0.2) is 13.8 Å². The number of hydrogen-bond acceptors (Lipinski definition) is 4. The topological polar surface area (TPSA) is 55.3 Å². The van der Waals surface area contributed by atoms with E-state index in [1.54, 1.807) is 0 Å². The highest BCUT2D eigenvalue weighted by molar-refractivity contribution is 14.0. The van der Waals surface area contributed by atoms with E-state index in [9.17, 15) is 8.78 Å². The fraction of sp³-hybridized carbons (Fsp3) is 0.632. The van der Waals surface area contributed by atoms with E-state index in [0.717, 1.165) is 51.1 Å². The first-order valence-electron chi connectivity index (χ1n) is 9.51. The third-order valence-corrected chi connectivity index (χ3v) is 4.61. The van der Waals surface area contributed by atoms with E-state index >= 15 is 0 Å². The minimum atomic E-state index is -0.710. The fourth-order valence-electron chi connectivity index (χ4n) is 3.31. The smallest absolute Gasteiger partial charge is 0.194 e. The number of halogens is 3. The summed E-state index contributed by atoms with van der Waals surface area (Å²) in [5, 5.41) is 3.28. The van der Waals surface area contributed by atoms with Crippen molar-refractivity contribution in [3.8, 4) is 5.75 Å². The summed E-state index contributed by atoms with van der Waals surface area (Å²) in [5.41, 5.74) is 0. The number of rotatable bonds is 6. The second kappa shape index (κ2) is 11.7. The first-order valence-corrected chi connectivity index (χ1v) is 9.51. The van der Waals surface area contributed by atoms with E-state index < -0.39 is 11.6 Å². The monoisotopic (exact) mass is 511 g/mol. The molecule has 2 unspecified atom stereocenters. The number of hydrogen-bond donors (Lipinski definition) is 1. The predicted molar refractivity (Wildman–Crippen MR) is 114 cm³/mol. The summed E-state index contributed by atoms with van der Waals surface area (Å²) in [6.07, 6.45) is 2.31. The molecule has 0 aliphatic carbocycles. The number of morpholine rings is 1. The quantitative estimate of drug-likeness (QED) is 0.276. The Morgan fingerprint density at radius 3 is 2.82 bits per heavy atom. The molecule has 2 saturated heterocycles. The lowest BCUT2D eigenvalue weighted by molar-refractivity contribution is -0.0817. The van der Waals surface area contributed by atoms with Crippen molar-refractivity contribution in [2.75, 3.05) is 46.0 Å². The van der Waals surface area contributed by atoms with Gasteiger partial charge in [-0.3, -0.25) is 0 Å². The molecular weight excluding hydrogens is 483 g/mol. The molecule has 1 N–H and O–H groups in total. The molecule has 2 fully saturated rings. The maximum Gasteiger partial charge on any atom is 0.194 e. The standard InChI is InChI=1S/C19H27F2N3O3.HI/c1-2-22-19(23-7-10-26-16-6-5-14(20)12-15(16)21)24-8-11-27-18(13-24)17-4-3-9-25-17;/h5-6,12,17-18H,2-4,7-11,13H2,1H3,(H,22,23);1H. The molecule has 0 aromatic heterocycles. The van der Waals surface area contributed by atoms with Crippen LogP contribution in [0.15, 0.2) is 23.2 Å². The van der Waals surface area contributed by atoms with E-state index in [2.05, 4.69) is 15.2 Å². The van der Waals surface area contributed by atoms with Crippen LogP contribution in [0.5, 0.6) is 5.75 Å². The Labute approximate surface area is 181 Å². The minimum absolute atomic E-state index is 0. The molecule has 2 atom stereocenters. The van der Waals surface area contributed by atoms with Crippen molar-refractivity contribution in [2.45, 2.75) is 32.0 Å². The van der Waals surface area contributed by atoms with Gasteiger partial charge in [0, 0.05) is 32.3 Å². The molecule has 0 bridgehead atoms. The summed E-state index contributed by atoms with van der Waals surface area (Å²) in [7, 11) is 0. The Morgan fingerprint density at radius 1 is 1.29 bits per heavy atom. The minimum Gasteiger partial charge on any atom is -0.489 e. The van der Waals surface area contributed by atoms with Crippen molar-refractivity contribution < 1.29 is 23.0 Å². The van der Waals surface area contributed by atoms with Crippen molar-refractivity contribution in [3.63, 3.8) is 0 Å². The van der Waals surface area contributed by atoms with E-state index in [0.29, 0.717) is 13.2 Å². The number of benzene rings is 1. The molecule has 2 heterocycles. The van der Waals surface area contributed by atoms with E-state index in [-0.39, 0.29) is 48.5 Å². The largest absolute Gasteiger partial charge is 0.489 e. The molecule has 0 saturated carbocycles. The highest BCUT2D eigenvalue weighted by atomic mass is 127. The van der Waals surface area contributed by atoms with E-state index in [4.69, 9.17) is 14.2 Å². The van der Waals surface area contributed by atoms with Gasteiger partial charge in [0.2, 0.25) is 0 Å². The number of guanidine groups is 1. The van der Waals surface area contributed by atoms with Crippen LogP contribution < -0.4 is 10.1 Å². The first-order chi connectivity index (χ1) is 13.2. The lowest BCUT2D eigenvalue weighted by atomic mass is 10.1. The Morgan fingerprint density at radius 2 is 2.11 bits per heavy atom. The van der Waals surface area contributed by atoms with E-state index in [1.807, 2.05) is 6.92 Å². The van der Waals surface area contributed by atoms with Gasteiger partial charge in [-0.05, 0) is 31.9 Å². The molecule has 28 heavy (non-hydrogen) atoms. The zero-order valence-electron chi connectivity index (χ0n) is 16.0. The van der Waals surface area contributed by atoms with Crippen molar-refractivity contribution >= 4 is 29.9 Å². The average molecular weight is 511 g/mol. The average Bonchev–Trinajstić information content (AvgIpc) is 3.20. The van der Waals surface area contributed by atoms with E-state index in [1.165, 1.54) is 12.1 Å². The van der Waals surface area contributed by atoms with Gasteiger partial charge in [-0.15, -0.1) is 24.0 Å². The van der Waals surface area contributed by atoms with Gasteiger partial charge < -0.3 is 24.4 Å². The third kappa shape index (κ3) is 6.41. The molecule has 9 heteroatoms. The first kappa shape index (κ1) is 23.1. The van der Waals surface area contributed by atoms with Crippen LogP contribution in [-0.2, 0) is 9.47 Å². The lowest BCUT2D eigenvalue weighted by Crippen LogP contribution is -2.53. The van der Waals surface area contributed by atoms with Crippen LogP contribution >= 0.6 is 24.0 Å². The van der Waals surface area contributed by atoms with Crippen molar-refractivity contribution in [1.82, 2.24) is 10.2 Å². The Hall–Kier alpha value is -1.20. The van der Waals surface area contributed by atoms with Gasteiger partial charge in [-0.2, -0.15) is 0 Å². The zero-order chi connectivity index (χ0) is 19.1. The number of aliphatic imine (C=N–C) groups is 1. The van der Waals surface area contributed by atoms with Crippen LogP contribution in [0.2, 0.25) is 0 Å². The predicted octanol–water partition coefficient (Wildman–Crippen LogP) is 2.81. The molecule has 1 aromatic carbocycles. The normalized spacial score (nSPS) is 22.7. The molecule has 3 rings (SSSR count). The van der Waals surface area contributed by atoms with Crippen LogP contribution in [0.25, 0.3) is 0 Å². The molecular formula is C19H28F2IN3O3. The molecule has 1 aromatic rings. The molecule has 158 valence electrons. The number of ether oxygens (including phenoxy) is 3. The Kier molecular flexibility index (Phi) is 9.66. The summed E-state index contributed by atoms with van der Waals surface area (Å²) in [4.78, 5) is 6.74. The Bertz CT molecular complexity index is 645. The number of nitrogens with one attached hydrogen (secondary N) is 1. The third-order valence-electron chi connectivity index (χ3n) is 4.61.